The first kappa shape index (κ1) is 10.3. The molecular weight excluding hydrogens is 204 g/mol. The van der Waals surface area contributed by atoms with Crippen LogP contribution in [-0.4, -0.2) is 21.0 Å². The average Bonchev–Trinajstić information content (AvgIpc) is 2.29. The number of aromatic nitrogens is 2. The second kappa shape index (κ2) is 4.10. The molecule has 0 saturated heterocycles. The number of aromatic carboxylic acids is 1. The van der Waals surface area contributed by atoms with Crippen molar-refractivity contribution in [1.29, 1.82) is 0 Å². The van der Waals surface area contributed by atoms with E-state index >= 15 is 0 Å². The van der Waals surface area contributed by atoms with Gasteiger partial charge in [0.05, 0.1) is 5.56 Å². The maximum absolute atomic E-state index is 11.0. The first-order valence-corrected chi connectivity index (χ1v) is 4.79. The van der Waals surface area contributed by atoms with E-state index in [1.165, 1.54) is 6.20 Å². The molecule has 0 aliphatic heterocycles. The maximum Gasteiger partial charge on any atom is 0.337 e. The van der Waals surface area contributed by atoms with E-state index in [0.717, 1.165) is 11.3 Å². The SMILES string of the molecule is Cc1cc(-c2cccnc2)c(C(=O)O)cn1. The van der Waals surface area contributed by atoms with Crippen LogP contribution in [0.3, 0.4) is 0 Å². The van der Waals surface area contributed by atoms with Crippen molar-refractivity contribution in [3.8, 4) is 11.1 Å². The summed E-state index contributed by atoms with van der Waals surface area (Å²) in [5.74, 6) is -0.980. The Hall–Kier alpha value is -2.23. The Bertz CT molecular complexity index is 524. The fourth-order valence-corrected chi connectivity index (χ4v) is 1.49. The molecule has 0 amide bonds. The standard InChI is InChI=1S/C12H10N2O2/c1-8-5-10(9-3-2-4-13-6-9)11(7-14-8)12(15)16/h2-7H,1H3,(H,15,16). The van der Waals surface area contributed by atoms with Gasteiger partial charge in [-0.15, -0.1) is 0 Å². The highest BCUT2D eigenvalue weighted by atomic mass is 16.4. The van der Waals surface area contributed by atoms with Crippen LogP contribution in [0.5, 0.6) is 0 Å². The normalized spacial score (nSPS) is 10.1. The highest BCUT2D eigenvalue weighted by molar-refractivity contribution is 5.95. The summed E-state index contributed by atoms with van der Waals surface area (Å²) < 4.78 is 0. The molecule has 80 valence electrons. The van der Waals surface area contributed by atoms with Crippen molar-refractivity contribution in [3.63, 3.8) is 0 Å². The molecule has 1 N–H and O–H groups in total. The van der Waals surface area contributed by atoms with E-state index in [-0.39, 0.29) is 5.56 Å². The van der Waals surface area contributed by atoms with Crippen molar-refractivity contribution < 1.29 is 9.90 Å². The van der Waals surface area contributed by atoms with Crippen molar-refractivity contribution in [2.45, 2.75) is 6.92 Å². The molecule has 2 rings (SSSR count). The fraction of sp³-hybridized carbons (Fsp3) is 0.0833. The van der Waals surface area contributed by atoms with Gasteiger partial charge in [0.1, 0.15) is 0 Å². The third kappa shape index (κ3) is 1.91. The van der Waals surface area contributed by atoms with E-state index in [1.807, 2.05) is 13.0 Å². The number of aryl methyl sites for hydroxylation is 1. The van der Waals surface area contributed by atoms with E-state index in [0.29, 0.717) is 5.56 Å². The van der Waals surface area contributed by atoms with Crippen molar-refractivity contribution in [2.24, 2.45) is 0 Å². The Labute approximate surface area is 92.6 Å². The van der Waals surface area contributed by atoms with Crippen LogP contribution in [-0.2, 0) is 0 Å². The number of pyridine rings is 2. The highest BCUT2D eigenvalue weighted by Crippen LogP contribution is 2.22. The second-order valence-electron chi connectivity index (χ2n) is 3.42. The van der Waals surface area contributed by atoms with E-state index in [2.05, 4.69) is 9.97 Å². The molecule has 16 heavy (non-hydrogen) atoms. The molecule has 2 aromatic heterocycles. The molecule has 4 nitrogen and oxygen atoms in total. The Balaban J connectivity index is 2.63. The minimum absolute atomic E-state index is 0.193. The van der Waals surface area contributed by atoms with Crippen molar-refractivity contribution in [3.05, 3.63) is 48.0 Å². The quantitative estimate of drug-likeness (QED) is 0.831. The summed E-state index contributed by atoms with van der Waals surface area (Å²) in [6, 6.07) is 5.35. The molecule has 0 atom stereocenters. The molecule has 0 saturated carbocycles. The van der Waals surface area contributed by atoms with Crippen LogP contribution in [0.25, 0.3) is 11.1 Å². The van der Waals surface area contributed by atoms with Crippen molar-refractivity contribution in [1.82, 2.24) is 9.97 Å². The second-order valence-corrected chi connectivity index (χ2v) is 3.42. The van der Waals surface area contributed by atoms with Crippen LogP contribution in [0.15, 0.2) is 36.8 Å². The van der Waals surface area contributed by atoms with Gasteiger partial charge in [0, 0.05) is 35.4 Å². The molecule has 0 spiro atoms. The molecule has 0 bridgehead atoms. The Kier molecular flexibility index (Phi) is 2.64. The number of nitrogens with zero attached hydrogens (tertiary/aromatic N) is 2. The van der Waals surface area contributed by atoms with Gasteiger partial charge in [-0.2, -0.15) is 0 Å². The van der Waals surface area contributed by atoms with Crippen molar-refractivity contribution >= 4 is 5.97 Å². The van der Waals surface area contributed by atoms with Gasteiger partial charge in [0.2, 0.25) is 0 Å². The third-order valence-electron chi connectivity index (χ3n) is 2.24. The highest BCUT2D eigenvalue weighted by Gasteiger charge is 2.12. The molecule has 4 heteroatoms. The molecule has 0 unspecified atom stereocenters. The van der Waals surface area contributed by atoms with Gasteiger partial charge in [0.25, 0.3) is 0 Å². The maximum atomic E-state index is 11.0. The summed E-state index contributed by atoms with van der Waals surface area (Å²) >= 11 is 0. The van der Waals surface area contributed by atoms with Gasteiger partial charge < -0.3 is 5.11 Å². The van der Waals surface area contributed by atoms with E-state index in [4.69, 9.17) is 5.11 Å². The van der Waals surface area contributed by atoms with Crippen LogP contribution < -0.4 is 0 Å². The van der Waals surface area contributed by atoms with Gasteiger partial charge in [-0.25, -0.2) is 4.79 Å². The molecular formula is C12H10N2O2. The third-order valence-corrected chi connectivity index (χ3v) is 2.24. The molecule has 2 heterocycles. The van der Waals surface area contributed by atoms with Gasteiger partial charge in [0.15, 0.2) is 0 Å². The zero-order valence-electron chi connectivity index (χ0n) is 8.71. The minimum Gasteiger partial charge on any atom is -0.478 e. The fourth-order valence-electron chi connectivity index (χ4n) is 1.49. The molecule has 0 aromatic carbocycles. The average molecular weight is 214 g/mol. The Morgan fingerprint density at radius 2 is 2.19 bits per heavy atom. The van der Waals surface area contributed by atoms with Crippen LogP contribution in [0, 0.1) is 6.92 Å². The number of carboxylic acid groups (broad SMARTS) is 1. The predicted molar refractivity (Wildman–Crippen MR) is 59.2 cm³/mol. The largest absolute Gasteiger partial charge is 0.478 e. The number of hydrogen-bond acceptors (Lipinski definition) is 3. The van der Waals surface area contributed by atoms with Crippen LogP contribution in [0.1, 0.15) is 16.1 Å². The number of carboxylic acids is 1. The molecule has 0 aliphatic carbocycles. The molecule has 2 aromatic rings. The topological polar surface area (TPSA) is 63.1 Å². The van der Waals surface area contributed by atoms with E-state index < -0.39 is 5.97 Å². The first-order valence-electron chi connectivity index (χ1n) is 4.79. The zero-order valence-corrected chi connectivity index (χ0v) is 8.71. The summed E-state index contributed by atoms with van der Waals surface area (Å²) in [5, 5.41) is 9.06. The Morgan fingerprint density at radius 1 is 1.38 bits per heavy atom. The molecule has 0 fully saturated rings. The summed E-state index contributed by atoms with van der Waals surface area (Å²) in [6.07, 6.45) is 4.67. The number of rotatable bonds is 2. The lowest BCUT2D eigenvalue weighted by molar-refractivity contribution is 0.0697. The molecule has 0 aliphatic rings. The van der Waals surface area contributed by atoms with E-state index in [9.17, 15) is 4.79 Å². The summed E-state index contributed by atoms with van der Waals surface area (Å²) in [6.45, 7) is 1.82. The summed E-state index contributed by atoms with van der Waals surface area (Å²) in [7, 11) is 0. The number of hydrogen-bond donors (Lipinski definition) is 1. The lowest BCUT2D eigenvalue weighted by atomic mass is 10.0. The van der Waals surface area contributed by atoms with Crippen LogP contribution in [0.2, 0.25) is 0 Å². The molecule has 0 radical (unpaired) electrons. The monoisotopic (exact) mass is 214 g/mol. The Morgan fingerprint density at radius 3 is 2.81 bits per heavy atom. The van der Waals surface area contributed by atoms with Gasteiger partial charge in [-0.1, -0.05) is 6.07 Å². The van der Waals surface area contributed by atoms with Crippen molar-refractivity contribution in [2.75, 3.05) is 0 Å². The van der Waals surface area contributed by atoms with Crippen LogP contribution >= 0.6 is 0 Å². The lowest BCUT2D eigenvalue weighted by Crippen LogP contribution is -2.01. The van der Waals surface area contributed by atoms with Gasteiger partial charge in [-0.3, -0.25) is 9.97 Å². The summed E-state index contributed by atoms with van der Waals surface area (Å²) in [5.41, 5.74) is 2.40. The zero-order chi connectivity index (χ0) is 11.5. The van der Waals surface area contributed by atoms with Gasteiger partial charge in [-0.05, 0) is 19.1 Å². The lowest BCUT2D eigenvalue weighted by Gasteiger charge is -2.06. The van der Waals surface area contributed by atoms with Crippen LogP contribution in [0.4, 0.5) is 0 Å². The first-order chi connectivity index (χ1) is 7.68. The van der Waals surface area contributed by atoms with Gasteiger partial charge >= 0.3 is 5.97 Å². The minimum atomic E-state index is -0.980. The smallest absolute Gasteiger partial charge is 0.337 e. The van der Waals surface area contributed by atoms with E-state index in [1.54, 1.807) is 24.5 Å². The summed E-state index contributed by atoms with van der Waals surface area (Å²) in [4.78, 5) is 19.0. The predicted octanol–water partition coefficient (Wildman–Crippen LogP) is 2.15. The number of carbonyl (C=O) groups is 1.